The molecule has 1 saturated carbocycles. The normalized spacial score (nSPS) is 29.4. The summed E-state index contributed by atoms with van der Waals surface area (Å²) in [5.41, 5.74) is 9.17. The Morgan fingerprint density at radius 3 is 2.70 bits per heavy atom. The van der Waals surface area contributed by atoms with Gasteiger partial charge in [0.15, 0.2) is 17.3 Å². The molecule has 0 bridgehead atoms. The fourth-order valence-corrected chi connectivity index (χ4v) is 8.67. The SMILES string of the molecule is C[C@H](Oc1cc(O[C@@H]2CNC23CC(F)(F)C3)nc(-c2noc3c2CCC[C@@]32CCc3ccc(N)c(C#N)c32)n1)[C@@H]1C[C@@H](F)CN1C. The summed E-state index contributed by atoms with van der Waals surface area (Å²) in [6, 6.07) is 7.52. The van der Waals surface area contributed by atoms with Gasteiger partial charge in [-0.3, -0.25) is 4.90 Å². The third-order valence-electron chi connectivity index (χ3n) is 10.9. The van der Waals surface area contributed by atoms with Gasteiger partial charge < -0.3 is 25.0 Å². The van der Waals surface area contributed by atoms with Crippen molar-refractivity contribution in [1.82, 2.24) is 25.3 Å². The zero-order valence-electron chi connectivity index (χ0n) is 25.8. The number of nitrogens with two attached hydrogens (primary N) is 1. The van der Waals surface area contributed by atoms with Crippen LogP contribution in [0.15, 0.2) is 22.7 Å². The maximum absolute atomic E-state index is 14.2. The number of benzene rings is 1. The number of alkyl halides is 3. The number of rotatable bonds is 6. The predicted molar refractivity (Wildman–Crippen MR) is 160 cm³/mol. The predicted octanol–water partition coefficient (Wildman–Crippen LogP) is 4.48. The molecule has 46 heavy (non-hydrogen) atoms. The molecule has 0 unspecified atom stereocenters. The number of hydrogen-bond donors (Lipinski definition) is 2. The molecule has 1 aromatic carbocycles. The van der Waals surface area contributed by atoms with Crippen LogP contribution >= 0.6 is 0 Å². The van der Waals surface area contributed by atoms with Crippen LogP contribution in [0.1, 0.15) is 73.5 Å². The van der Waals surface area contributed by atoms with Crippen molar-refractivity contribution in [3.8, 4) is 29.3 Å². The lowest BCUT2D eigenvalue weighted by molar-refractivity contribution is -0.193. The molecular formula is C33H36F3N7O3. The number of likely N-dealkylation sites (tertiary alicyclic amines) is 1. The van der Waals surface area contributed by atoms with Crippen LogP contribution in [-0.4, -0.2) is 76.0 Å². The fraction of sp³-hybridized carbons (Fsp3) is 0.576. The Bertz CT molecular complexity index is 1750. The number of nitrogens with zero attached hydrogens (tertiary/aromatic N) is 5. The van der Waals surface area contributed by atoms with Crippen molar-refractivity contribution in [3.05, 3.63) is 46.2 Å². The summed E-state index contributed by atoms with van der Waals surface area (Å²) in [5, 5.41) is 17.7. The molecule has 2 saturated heterocycles. The molecule has 0 radical (unpaired) electrons. The van der Waals surface area contributed by atoms with E-state index in [1.54, 1.807) is 12.1 Å². The second kappa shape index (κ2) is 10.3. The molecule has 8 rings (SSSR count). The van der Waals surface area contributed by atoms with Crippen molar-refractivity contribution in [3.63, 3.8) is 0 Å². The lowest BCUT2D eigenvalue weighted by atomic mass is 9.65. The third-order valence-corrected chi connectivity index (χ3v) is 10.9. The van der Waals surface area contributed by atoms with Gasteiger partial charge in [0.2, 0.25) is 11.8 Å². The number of aryl methyl sites for hydroxylation is 1. The summed E-state index contributed by atoms with van der Waals surface area (Å²) in [5.74, 6) is -1.39. The number of likely N-dealkylation sites (N-methyl/N-ethyl adjacent to an activating group) is 1. The highest BCUT2D eigenvalue weighted by atomic mass is 19.3. The molecular weight excluding hydrogens is 599 g/mol. The second-order valence-electron chi connectivity index (χ2n) is 13.8. The van der Waals surface area contributed by atoms with E-state index in [9.17, 15) is 18.4 Å². The van der Waals surface area contributed by atoms with Gasteiger partial charge in [-0.25, -0.2) is 13.2 Å². The van der Waals surface area contributed by atoms with E-state index < -0.39 is 35.3 Å². The molecule has 2 aromatic heterocycles. The van der Waals surface area contributed by atoms with Crippen molar-refractivity contribution >= 4 is 5.69 Å². The number of anilines is 1. The molecule has 2 aliphatic heterocycles. The standard InChI is InChI=1S/C33H36F3N7O3/c1-17(23-10-19(34)14-43(23)2)44-25-11-26(45-24-13-39-32(24)15-33(35,36)16-32)41-30(40-25)28-20-4-3-8-31(29(20)46-42-28)9-7-18-5-6-22(38)21(12-37)27(18)31/h5-6,11,17,19,23-24,39H,3-4,7-10,13-16,38H2,1-2H3/t17-,19+,23-,24+,31-/m0/s1. The van der Waals surface area contributed by atoms with Gasteiger partial charge >= 0.3 is 0 Å². The number of aromatic nitrogens is 3. The summed E-state index contributed by atoms with van der Waals surface area (Å²) < 4.78 is 60.6. The first kappa shape index (κ1) is 29.5. The average molecular weight is 636 g/mol. The Morgan fingerprint density at radius 2 is 2.00 bits per heavy atom. The Labute approximate surface area is 264 Å². The van der Waals surface area contributed by atoms with Crippen molar-refractivity contribution in [2.24, 2.45) is 0 Å². The summed E-state index contributed by atoms with van der Waals surface area (Å²) >= 11 is 0. The molecule has 0 amide bonds. The van der Waals surface area contributed by atoms with E-state index in [0.717, 1.165) is 42.4 Å². The average Bonchev–Trinajstić information content (AvgIpc) is 3.70. The smallest absolute Gasteiger partial charge is 0.252 e. The van der Waals surface area contributed by atoms with Crippen LogP contribution in [0.4, 0.5) is 18.9 Å². The van der Waals surface area contributed by atoms with Crippen molar-refractivity contribution < 1.29 is 27.2 Å². The van der Waals surface area contributed by atoms with Crippen LogP contribution in [0.25, 0.3) is 11.5 Å². The highest BCUT2D eigenvalue weighted by Crippen LogP contribution is 2.54. The molecule has 5 atom stereocenters. The highest BCUT2D eigenvalue weighted by molar-refractivity contribution is 5.68. The number of ether oxygens (including phenoxy) is 2. The van der Waals surface area contributed by atoms with Crippen LogP contribution in [0.5, 0.6) is 11.8 Å². The van der Waals surface area contributed by atoms with Gasteiger partial charge in [0.25, 0.3) is 5.92 Å². The number of nitrogen functional groups attached to an aromatic ring is 1. The first-order chi connectivity index (χ1) is 22.0. The molecule has 5 aliphatic rings. The van der Waals surface area contributed by atoms with E-state index in [1.165, 1.54) is 0 Å². The molecule has 3 aliphatic carbocycles. The van der Waals surface area contributed by atoms with Crippen molar-refractivity contribution in [2.45, 2.75) is 99.6 Å². The minimum atomic E-state index is -2.72. The second-order valence-corrected chi connectivity index (χ2v) is 13.8. The van der Waals surface area contributed by atoms with Crippen LogP contribution in [0, 0.1) is 11.3 Å². The number of halogens is 3. The molecule has 2 spiro atoms. The number of hydrogen-bond acceptors (Lipinski definition) is 10. The van der Waals surface area contributed by atoms with Gasteiger partial charge in [-0.05, 0) is 69.7 Å². The summed E-state index contributed by atoms with van der Waals surface area (Å²) in [6.07, 6.45) is 1.79. The van der Waals surface area contributed by atoms with Crippen LogP contribution < -0.4 is 20.5 Å². The Kier molecular flexibility index (Phi) is 6.61. The van der Waals surface area contributed by atoms with Gasteiger partial charge in [0.1, 0.15) is 24.4 Å². The maximum atomic E-state index is 14.2. The first-order valence-corrected chi connectivity index (χ1v) is 16.0. The quantitative estimate of drug-likeness (QED) is 0.373. The van der Waals surface area contributed by atoms with E-state index in [-0.39, 0.29) is 36.5 Å². The van der Waals surface area contributed by atoms with Gasteiger partial charge in [-0.2, -0.15) is 15.2 Å². The van der Waals surface area contributed by atoms with Gasteiger partial charge in [0, 0.05) is 43.2 Å². The highest BCUT2D eigenvalue weighted by Gasteiger charge is 2.65. The monoisotopic (exact) mass is 635 g/mol. The molecule has 3 aromatic rings. The minimum Gasteiger partial charge on any atom is -0.473 e. The number of nitriles is 1. The molecule has 3 fully saturated rings. The number of nitrogens with one attached hydrogen (secondary N) is 1. The lowest BCUT2D eigenvalue weighted by Gasteiger charge is -2.58. The molecule has 13 heteroatoms. The summed E-state index contributed by atoms with van der Waals surface area (Å²) in [6.45, 7) is 2.62. The fourth-order valence-electron chi connectivity index (χ4n) is 8.67. The lowest BCUT2D eigenvalue weighted by Crippen LogP contribution is -2.78. The maximum Gasteiger partial charge on any atom is 0.252 e. The zero-order valence-corrected chi connectivity index (χ0v) is 25.8. The van der Waals surface area contributed by atoms with E-state index in [1.807, 2.05) is 24.9 Å². The first-order valence-electron chi connectivity index (χ1n) is 16.0. The Balaban J connectivity index is 1.17. The van der Waals surface area contributed by atoms with Gasteiger partial charge in [-0.1, -0.05) is 11.2 Å². The molecule has 3 N–H and O–H groups in total. The zero-order chi connectivity index (χ0) is 32.0. The minimum absolute atomic E-state index is 0.155. The van der Waals surface area contributed by atoms with Crippen LogP contribution in [-0.2, 0) is 18.3 Å². The van der Waals surface area contributed by atoms with Crippen LogP contribution in [0.3, 0.4) is 0 Å². The van der Waals surface area contributed by atoms with E-state index in [4.69, 9.17) is 29.7 Å². The third kappa shape index (κ3) is 4.47. The van der Waals surface area contributed by atoms with Gasteiger partial charge in [-0.15, -0.1) is 0 Å². The van der Waals surface area contributed by atoms with E-state index in [2.05, 4.69) is 16.5 Å². The van der Waals surface area contributed by atoms with Gasteiger partial charge in [0.05, 0.1) is 22.6 Å². The number of fused-ring (bicyclic) bond motifs is 4. The largest absolute Gasteiger partial charge is 0.473 e. The van der Waals surface area contributed by atoms with Crippen LogP contribution in [0.2, 0.25) is 0 Å². The molecule has 4 heterocycles. The topological polar surface area (TPSA) is 135 Å². The Hall–Kier alpha value is -3.89. The van der Waals surface area contributed by atoms with E-state index in [0.29, 0.717) is 48.6 Å². The van der Waals surface area contributed by atoms with Crippen molar-refractivity contribution in [1.29, 1.82) is 5.26 Å². The molecule has 242 valence electrons. The Morgan fingerprint density at radius 1 is 1.20 bits per heavy atom. The van der Waals surface area contributed by atoms with Crippen molar-refractivity contribution in [2.75, 3.05) is 25.9 Å². The molecule has 10 nitrogen and oxygen atoms in total. The summed E-state index contributed by atoms with van der Waals surface area (Å²) in [4.78, 5) is 11.4. The van der Waals surface area contributed by atoms with E-state index >= 15 is 0 Å². The summed E-state index contributed by atoms with van der Waals surface area (Å²) in [7, 11) is 1.87.